The van der Waals surface area contributed by atoms with Crippen LogP contribution in [0, 0.1) is 0 Å². The molecule has 5 heteroatoms. The lowest BCUT2D eigenvalue weighted by Gasteiger charge is -2.34. The van der Waals surface area contributed by atoms with E-state index in [4.69, 9.17) is 9.47 Å². The molecule has 0 saturated carbocycles. The number of benzene rings is 1. The Morgan fingerprint density at radius 1 is 1.08 bits per heavy atom. The molecule has 3 nitrogen and oxygen atoms in total. The van der Waals surface area contributed by atoms with E-state index in [0.29, 0.717) is 11.8 Å². The number of nitrogens with zero attached hydrogens (tertiary/aromatic N) is 1. The van der Waals surface area contributed by atoms with Crippen LogP contribution in [0.15, 0.2) is 18.2 Å². The Bertz CT molecular complexity index is 533. The van der Waals surface area contributed by atoms with Crippen molar-refractivity contribution in [1.29, 1.82) is 0 Å². The second-order valence-corrected chi connectivity index (χ2v) is 7.74. The van der Waals surface area contributed by atoms with E-state index in [1.54, 1.807) is 12.1 Å². The number of halogens is 2. The topological polar surface area (TPSA) is 21.7 Å². The summed E-state index contributed by atoms with van der Waals surface area (Å²) >= 11 is 0. The van der Waals surface area contributed by atoms with Crippen LogP contribution in [-0.2, 0) is 5.41 Å². The summed E-state index contributed by atoms with van der Waals surface area (Å²) in [6.07, 6.45) is 1.83. The van der Waals surface area contributed by atoms with E-state index in [0.717, 1.165) is 31.5 Å². The highest BCUT2D eigenvalue weighted by Crippen LogP contribution is 2.35. The molecule has 1 aromatic rings. The quantitative estimate of drug-likeness (QED) is 0.765. The fraction of sp³-hybridized carbons (Fsp3) is 0.684. The maximum absolute atomic E-state index is 12.8. The third-order valence-electron chi connectivity index (χ3n) is 4.53. The maximum Gasteiger partial charge on any atom is 0.387 e. The number of hydrogen-bond acceptors (Lipinski definition) is 3. The van der Waals surface area contributed by atoms with Crippen LogP contribution >= 0.6 is 0 Å². The van der Waals surface area contributed by atoms with E-state index < -0.39 is 6.61 Å². The lowest BCUT2D eigenvalue weighted by Crippen LogP contribution is -2.41. The first-order chi connectivity index (χ1) is 11.2. The van der Waals surface area contributed by atoms with Gasteiger partial charge in [0.05, 0.1) is 0 Å². The van der Waals surface area contributed by atoms with E-state index in [1.165, 1.54) is 0 Å². The number of likely N-dealkylation sites (tertiary alicyclic amines) is 1. The van der Waals surface area contributed by atoms with E-state index >= 15 is 0 Å². The lowest BCUT2D eigenvalue weighted by molar-refractivity contribution is -0.0526. The minimum absolute atomic E-state index is 0.0421. The van der Waals surface area contributed by atoms with Crippen molar-refractivity contribution in [3.05, 3.63) is 23.8 Å². The maximum atomic E-state index is 12.8. The fourth-order valence-electron chi connectivity index (χ4n) is 2.95. The normalized spacial score (nSPS) is 17.5. The fourth-order valence-corrected chi connectivity index (χ4v) is 2.95. The largest absolute Gasteiger partial charge is 0.486 e. The Balaban J connectivity index is 2.11. The number of ether oxygens (including phenoxy) is 2. The van der Waals surface area contributed by atoms with Crippen molar-refractivity contribution >= 4 is 0 Å². The molecule has 0 aliphatic carbocycles. The van der Waals surface area contributed by atoms with Crippen LogP contribution in [-0.4, -0.2) is 36.7 Å². The summed E-state index contributed by atoms with van der Waals surface area (Å²) in [7, 11) is 0. The molecule has 0 aromatic heterocycles. The van der Waals surface area contributed by atoms with Gasteiger partial charge in [0.25, 0.3) is 0 Å². The number of piperidine rings is 1. The summed E-state index contributed by atoms with van der Waals surface area (Å²) in [5.74, 6) is 0.537. The van der Waals surface area contributed by atoms with E-state index in [-0.39, 0.29) is 17.3 Å². The van der Waals surface area contributed by atoms with Crippen LogP contribution in [0.25, 0.3) is 0 Å². The number of alkyl halides is 2. The molecule has 0 amide bonds. The third kappa shape index (κ3) is 5.07. The molecule has 1 saturated heterocycles. The highest BCUT2D eigenvalue weighted by molar-refractivity contribution is 5.45. The standard InChI is InChI=1S/C19H29F2NO2/c1-13(2)22-10-8-15(9-11-22)23-16-7-6-14(19(3,4)5)12-17(16)24-18(20)21/h6-7,12-13,15,18H,8-11H2,1-5H3. The molecule has 1 heterocycles. The summed E-state index contributed by atoms with van der Waals surface area (Å²) in [6.45, 7) is 9.55. The minimum atomic E-state index is -2.86. The molecule has 0 spiro atoms. The monoisotopic (exact) mass is 341 g/mol. The molecule has 136 valence electrons. The van der Waals surface area contributed by atoms with Crippen molar-refractivity contribution < 1.29 is 18.3 Å². The van der Waals surface area contributed by atoms with Crippen LogP contribution in [0.3, 0.4) is 0 Å². The third-order valence-corrected chi connectivity index (χ3v) is 4.53. The van der Waals surface area contributed by atoms with Crippen molar-refractivity contribution in [2.24, 2.45) is 0 Å². The highest BCUT2D eigenvalue weighted by Gasteiger charge is 2.24. The molecule has 1 fully saturated rings. The van der Waals surface area contributed by atoms with Gasteiger partial charge in [-0.15, -0.1) is 0 Å². The van der Waals surface area contributed by atoms with E-state index in [9.17, 15) is 8.78 Å². The van der Waals surface area contributed by atoms with Crippen LogP contribution in [0.2, 0.25) is 0 Å². The molecule has 24 heavy (non-hydrogen) atoms. The van der Waals surface area contributed by atoms with Gasteiger partial charge in [-0.3, -0.25) is 0 Å². The molecular formula is C19H29F2NO2. The zero-order valence-electron chi connectivity index (χ0n) is 15.3. The van der Waals surface area contributed by atoms with E-state index in [2.05, 4.69) is 18.7 Å². The zero-order valence-corrected chi connectivity index (χ0v) is 15.3. The molecule has 0 radical (unpaired) electrons. The van der Waals surface area contributed by atoms with Gasteiger partial charge in [-0.1, -0.05) is 26.8 Å². The highest BCUT2D eigenvalue weighted by atomic mass is 19.3. The van der Waals surface area contributed by atoms with Gasteiger partial charge < -0.3 is 14.4 Å². The predicted molar refractivity (Wildman–Crippen MR) is 92.1 cm³/mol. The van der Waals surface area contributed by atoms with Gasteiger partial charge in [0.15, 0.2) is 11.5 Å². The van der Waals surface area contributed by atoms with Gasteiger partial charge in [-0.2, -0.15) is 8.78 Å². The summed E-state index contributed by atoms with van der Waals surface area (Å²) < 4.78 is 36.2. The SMILES string of the molecule is CC(C)N1CCC(Oc2ccc(C(C)(C)C)cc2OC(F)F)CC1. The van der Waals surface area contributed by atoms with Crippen LogP contribution in [0.5, 0.6) is 11.5 Å². The Morgan fingerprint density at radius 3 is 2.21 bits per heavy atom. The molecule has 2 rings (SSSR count). The molecule has 0 bridgehead atoms. The Kier molecular flexibility index (Phi) is 6.07. The Hall–Kier alpha value is -1.36. The molecule has 1 aliphatic heterocycles. The van der Waals surface area contributed by atoms with Crippen molar-refractivity contribution in [3.63, 3.8) is 0 Å². The van der Waals surface area contributed by atoms with Gasteiger partial charge in [-0.25, -0.2) is 0 Å². The van der Waals surface area contributed by atoms with Crippen molar-refractivity contribution in [1.82, 2.24) is 4.90 Å². The lowest BCUT2D eigenvalue weighted by atomic mass is 9.87. The van der Waals surface area contributed by atoms with Gasteiger partial charge in [0.1, 0.15) is 6.10 Å². The Morgan fingerprint density at radius 2 is 1.71 bits per heavy atom. The Labute approximate surface area is 143 Å². The van der Waals surface area contributed by atoms with Crippen molar-refractivity contribution in [2.45, 2.75) is 71.6 Å². The molecular weight excluding hydrogens is 312 g/mol. The predicted octanol–water partition coefficient (Wildman–Crippen LogP) is 4.84. The average molecular weight is 341 g/mol. The summed E-state index contributed by atoms with van der Waals surface area (Å²) in [5.41, 5.74) is 0.807. The van der Waals surface area contributed by atoms with Crippen molar-refractivity contribution in [3.8, 4) is 11.5 Å². The molecule has 0 unspecified atom stereocenters. The van der Waals surface area contributed by atoms with Crippen LogP contribution in [0.4, 0.5) is 8.78 Å². The van der Waals surface area contributed by atoms with Crippen LogP contribution < -0.4 is 9.47 Å². The molecule has 0 N–H and O–H groups in total. The summed E-state index contributed by atoms with van der Waals surface area (Å²) in [4.78, 5) is 2.40. The number of rotatable bonds is 5. The van der Waals surface area contributed by atoms with Gasteiger partial charge in [0.2, 0.25) is 0 Å². The summed E-state index contributed by atoms with van der Waals surface area (Å²) in [5, 5.41) is 0. The van der Waals surface area contributed by atoms with Crippen LogP contribution in [0.1, 0.15) is 53.0 Å². The average Bonchev–Trinajstić information content (AvgIpc) is 2.48. The molecule has 1 aliphatic rings. The first kappa shape index (κ1) is 19.0. The molecule has 1 aromatic carbocycles. The summed E-state index contributed by atoms with van der Waals surface area (Å²) in [6, 6.07) is 5.88. The van der Waals surface area contributed by atoms with E-state index in [1.807, 2.05) is 26.8 Å². The first-order valence-electron chi connectivity index (χ1n) is 8.67. The number of hydrogen-bond donors (Lipinski definition) is 0. The first-order valence-corrected chi connectivity index (χ1v) is 8.67. The second kappa shape index (κ2) is 7.68. The van der Waals surface area contributed by atoms with Gasteiger partial charge >= 0.3 is 6.61 Å². The second-order valence-electron chi connectivity index (χ2n) is 7.74. The van der Waals surface area contributed by atoms with Crippen molar-refractivity contribution in [2.75, 3.05) is 13.1 Å². The van der Waals surface area contributed by atoms with Gasteiger partial charge in [0, 0.05) is 19.1 Å². The zero-order chi connectivity index (χ0) is 17.9. The smallest absolute Gasteiger partial charge is 0.387 e. The minimum Gasteiger partial charge on any atom is -0.486 e. The van der Waals surface area contributed by atoms with Gasteiger partial charge in [-0.05, 0) is 49.8 Å². The molecule has 0 atom stereocenters.